The second-order valence-electron chi connectivity index (χ2n) is 11.3. The first-order valence-electron chi connectivity index (χ1n) is 14.3. The first-order chi connectivity index (χ1) is 18.9. The highest BCUT2D eigenvalue weighted by atomic mass is 16.5. The van der Waals surface area contributed by atoms with E-state index in [-0.39, 0.29) is 17.6 Å². The molecule has 3 heterocycles. The molecule has 0 amide bonds. The molecule has 1 N–H and O–H groups in total. The molecule has 1 aliphatic carbocycles. The number of hydrogen-bond acceptors (Lipinski definition) is 7. The lowest BCUT2D eigenvalue weighted by atomic mass is 9.84. The molecule has 0 radical (unpaired) electrons. The number of aromatic nitrogens is 1. The van der Waals surface area contributed by atoms with Crippen LogP contribution in [0.25, 0.3) is 0 Å². The van der Waals surface area contributed by atoms with Crippen molar-refractivity contribution in [2.24, 2.45) is 23.7 Å². The lowest BCUT2D eigenvalue weighted by Crippen LogP contribution is -2.37. The van der Waals surface area contributed by atoms with E-state index < -0.39 is 11.9 Å². The fourth-order valence-corrected chi connectivity index (χ4v) is 6.11. The van der Waals surface area contributed by atoms with Crippen molar-refractivity contribution in [2.75, 3.05) is 44.9 Å². The molecule has 5 rings (SSSR count). The minimum absolute atomic E-state index is 0.00367. The molecular formula is C31H40N2O6. The molecule has 1 saturated carbocycles. The third-order valence-corrected chi connectivity index (χ3v) is 8.63. The van der Waals surface area contributed by atoms with Gasteiger partial charge in [-0.1, -0.05) is 6.92 Å². The fourth-order valence-electron chi connectivity index (χ4n) is 6.11. The number of hydrogen-bond donors (Lipinski definition) is 1. The molecule has 0 unspecified atom stereocenters. The van der Waals surface area contributed by atoms with E-state index in [0.717, 1.165) is 80.8 Å². The van der Waals surface area contributed by atoms with Gasteiger partial charge in [0.2, 0.25) is 5.88 Å². The predicted octanol–water partition coefficient (Wildman–Crippen LogP) is 5.21. The average molecular weight is 537 g/mol. The van der Waals surface area contributed by atoms with E-state index in [9.17, 15) is 14.7 Å². The van der Waals surface area contributed by atoms with Crippen LogP contribution in [0.15, 0.2) is 36.5 Å². The molecule has 2 aromatic rings. The first-order valence-corrected chi connectivity index (χ1v) is 14.3. The molecule has 8 heteroatoms. The molecule has 2 saturated heterocycles. The van der Waals surface area contributed by atoms with Crippen LogP contribution in [-0.4, -0.2) is 61.9 Å². The summed E-state index contributed by atoms with van der Waals surface area (Å²) in [7, 11) is 1.65. The molecule has 3 fully saturated rings. The number of aliphatic carboxylic acids is 1. The zero-order chi connectivity index (χ0) is 27.4. The van der Waals surface area contributed by atoms with Gasteiger partial charge in [0, 0.05) is 49.5 Å². The van der Waals surface area contributed by atoms with Gasteiger partial charge in [-0.3, -0.25) is 9.59 Å². The maximum absolute atomic E-state index is 13.4. The molecular weight excluding hydrogens is 496 g/mol. The molecule has 0 bridgehead atoms. The molecule has 3 aliphatic rings. The van der Waals surface area contributed by atoms with Gasteiger partial charge >= 0.3 is 5.97 Å². The third-order valence-electron chi connectivity index (χ3n) is 8.63. The highest BCUT2D eigenvalue weighted by Crippen LogP contribution is 2.47. The Morgan fingerprint density at radius 2 is 1.92 bits per heavy atom. The molecule has 3 atom stereocenters. The minimum atomic E-state index is -0.758. The van der Waals surface area contributed by atoms with Crippen LogP contribution < -0.4 is 14.4 Å². The Balaban J connectivity index is 1.20. The highest BCUT2D eigenvalue weighted by molar-refractivity contribution is 6.03. The number of Topliss-reactive ketones (excluding diaryl/α,β-unsaturated/α-hetero) is 1. The number of anilines is 1. The number of ether oxygens (including phenoxy) is 3. The van der Waals surface area contributed by atoms with Gasteiger partial charge in [0.15, 0.2) is 5.78 Å². The van der Waals surface area contributed by atoms with Crippen LogP contribution in [0.1, 0.15) is 67.3 Å². The number of pyridine rings is 1. The molecule has 8 nitrogen and oxygen atoms in total. The minimum Gasteiger partial charge on any atom is -0.497 e. The number of piperidine rings is 1. The van der Waals surface area contributed by atoms with Gasteiger partial charge in [-0.15, -0.1) is 0 Å². The number of nitrogens with zero attached hydrogens (tertiary/aromatic N) is 2. The molecule has 0 spiro atoms. The van der Waals surface area contributed by atoms with E-state index in [2.05, 4.69) is 9.88 Å². The van der Waals surface area contributed by atoms with Gasteiger partial charge < -0.3 is 24.2 Å². The standard InChI is InChI=1S/C31H40N2O6/c1-20(31(35)36)29(22-5-6-22)23-9-12-32-28(16-23)39-18-21-10-13-33(14-11-21)27-17-25(37-2)7-8-26(27)30(34)24-4-3-15-38-19-24/h7-9,12,16-17,20-22,24,29H,3-6,10-11,13-15,18-19H2,1-2H3,(H,35,36)/t20-,24-,29-/m0/s1. The summed E-state index contributed by atoms with van der Waals surface area (Å²) in [6.45, 7) is 5.25. The molecule has 2 aliphatic heterocycles. The molecule has 210 valence electrons. The number of benzene rings is 1. The van der Waals surface area contributed by atoms with Crippen LogP contribution in [0, 0.1) is 23.7 Å². The second-order valence-corrected chi connectivity index (χ2v) is 11.3. The quantitative estimate of drug-likeness (QED) is 0.391. The summed E-state index contributed by atoms with van der Waals surface area (Å²) in [4.78, 5) is 31.8. The van der Waals surface area contributed by atoms with Crippen molar-refractivity contribution in [2.45, 2.75) is 51.4 Å². The van der Waals surface area contributed by atoms with Crippen molar-refractivity contribution in [1.29, 1.82) is 0 Å². The lowest BCUT2D eigenvalue weighted by Gasteiger charge is -2.35. The Hall–Kier alpha value is -3.13. The maximum Gasteiger partial charge on any atom is 0.306 e. The number of rotatable bonds is 11. The third kappa shape index (κ3) is 6.55. The van der Waals surface area contributed by atoms with Gasteiger partial charge in [0.05, 0.1) is 31.9 Å². The van der Waals surface area contributed by atoms with E-state index in [1.807, 2.05) is 30.3 Å². The smallest absolute Gasteiger partial charge is 0.306 e. The average Bonchev–Trinajstić information content (AvgIpc) is 3.81. The number of carbonyl (C=O) groups is 2. The number of carboxylic acid groups (broad SMARTS) is 1. The van der Waals surface area contributed by atoms with E-state index in [1.165, 1.54) is 0 Å². The van der Waals surface area contributed by atoms with E-state index in [0.29, 0.717) is 30.9 Å². The summed E-state index contributed by atoms with van der Waals surface area (Å²) < 4.78 is 17.2. The van der Waals surface area contributed by atoms with Crippen LogP contribution in [0.2, 0.25) is 0 Å². The summed E-state index contributed by atoms with van der Waals surface area (Å²) in [6, 6.07) is 9.62. The highest BCUT2D eigenvalue weighted by Gasteiger charge is 2.39. The fraction of sp³-hybridized carbons (Fsp3) is 0.581. The van der Waals surface area contributed by atoms with Crippen LogP contribution in [0.4, 0.5) is 5.69 Å². The van der Waals surface area contributed by atoms with Gasteiger partial charge in [-0.05, 0) is 80.0 Å². The summed E-state index contributed by atoms with van der Waals surface area (Å²) in [5, 5.41) is 9.60. The Bertz CT molecular complexity index is 1150. The largest absolute Gasteiger partial charge is 0.497 e. The summed E-state index contributed by atoms with van der Waals surface area (Å²) >= 11 is 0. The first kappa shape index (κ1) is 27.4. The molecule has 39 heavy (non-hydrogen) atoms. The van der Waals surface area contributed by atoms with Crippen LogP contribution in [-0.2, 0) is 9.53 Å². The molecule has 1 aromatic carbocycles. The Morgan fingerprint density at radius 1 is 1.13 bits per heavy atom. The van der Waals surface area contributed by atoms with E-state index in [1.54, 1.807) is 20.2 Å². The zero-order valence-corrected chi connectivity index (χ0v) is 23.0. The van der Waals surface area contributed by atoms with Crippen molar-refractivity contribution in [3.63, 3.8) is 0 Å². The number of carbonyl (C=O) groups excluding carboxylic acids is 1. The van der Waals surface area contributed by atoms with Crippen molar-refractivity contribution >= 4 is 17.4 Å². The van der Waals surface area contributed by atoms with Gasteiger partial charge in [-0.2, -0.15) is 0 Å². The summed E-state index contributed by atoms with van der Waals surface area (Å²) in [6.07, 6.45) is 7.56. The lowest BCUT2D eigenvalue weighted by molar-refractivity contribution is -0.142. The van der Waals surface area contributed by atoms with E-state index in [4.69, 9.17) is 14.2 Å². The zero-order valence-electron chi connectivity index (χ0n) is 23.0. The summed E-state index contributed by atoms with van der Waals surface area (Å²) in [5.41, 5.74) is 2.70. The van der Waals surface area contributed by atoms with Crippen molar-refractivity contribution < 1.29 is 28.9 Å². The Morgan fingerprint density at radius 3 is 2.59 bits per heavy atom. The second kappa shape index (κ2) is 12.4. The van der Waals surface area contributed by atoms with Crippen molar-refractivity contribution in [3.8, 4) is 11.6 Å². The number of methoxy groups -OCH3 is 1. The van der Waals surface area contributed by atoms with Crippen molar-refractivity contribution in [3.05, 3.63) is 47.7 Å². The maximum atomic E-state index is 13.4. The van der Waals surface area contributed by atoms with Gasteiger partial charge in [0.25, 0.3) is 0 Å². The SMILES string of the molecule is COc1ccc(C(=O)[C@H]2CCCOC2)c(N2CCC(COc3cc([C@H](C4CC4)[C@H](C)C(=O)O)ccn3)CC2)c1. The Kier molecular flexibility index (Phi) is 8.70. The van der Waals surface area contributed by atoms with Gasteiger partial charge in [0.1, 0.15) is 5.75 Å². The topological polar surface area (TPSA) is 98.2 Å². The number of ketones is 1. The normalized spacial score (nSPS) is 21.7. The van der Waals surface area contributed by atoms with Crippen LogP contribution >= 0.6 is 0 Å². The monoisotopic (exact) mass is 536 g/mol. The van der Waals surface area contributed by atoms with Crippen LogP contribution in [0.5, 0.6) is 11.6 Å². The number of carboxylic acids is 1. The Labute approximate surface area is 230 Å². The molecule has 1 aromatic heterocycles. The van der Waals surface area contributed by atoms with Crippen molar-refractivity contribution in [1.82, 2.24) is 4.98 Å². The summed E-state index contributed by atoms with van der Waals surface area (Å²) in [5.74, 6) is 0.991. The van der Waals surface area contributed by atoms with Gasteiger partial charge in [-0.25, -0.2) is 4.98 Å². The van der Waals surface area contributed by atoms with E-state index >= 15 is 0 Å². The van der Waals surface area contributed by atoms with Crippen LogP contribution in [0.3, 0.4) is 0 Å². The predicted molar refractivity (Wildman–Crippen MR) is 148 cm³/mol.